The van der Waals surface area contributed by atoms with Crippen molar-refractivity contribution in [2.24, 2.45) is 0 Å². The topological polar surface area (TPSA) is 80.1 Å². The predicted molar refractivity (Wildman–Crippen MR) is 94.6 cm³/mol. The van der Waals surface area contributed by atoms with Crippen molar-refractivity contribution in [3.8, 4) is 0 Å². The van der Waals surface area contributed by atoms with Crippen molar-refractivity contribution in [1.29, 1.82) is 0 Å². The first-order valence-corrected chi connectivity index (χ1v) is 8.61. The van der Waals surface area contributed by atoms with E-state index in [1.165, 1.54) is 11.0 Å². The van der Waals surface area contributed by atoms with E-state index in [0.717, 1.165) is 0 Å². The quantitative estimate of drug-likeness (QED) is 0.771. The summed E-state index contributed by atoms with van der Waals surface area (Å²) < 4.78 is 1.66. The van der Waals surface area contributed by atoms with E-state index >= 15 is 0 Å². The highest BCUT2D eigenvalue weighted by molar-refractivity contribution is 6.50. The van der Waals surface area contributed by atoms with E-state index in [-0.39, 0.29) is 43.9 Å². The molecule has 7 nitrogen and oxygen atoms in total. The van der Waals surface area contributed by atoms with Crippen LogP contribution in [0.2, 0.25) is 20.1 Å². The number of nitrogens with one attached hydrogen (secondary N) is 1. The van der Waals surface area contributed by atoms with Crippen LogP contribution >= 0.6 is 46.4 Å². The second-order valence-corrected chi connectivity index (χ2v) is 6.92. The van der Waals surface area contributed by atoms with E-state index < -0.39 is 5.91 Å². The van der Waals surface area contributed by atoms with Crippen LogP contribution in [0.1, 0.15) is 26.8 Å². The Balaban J connectivity index is 1.89. The molecule has 0 fully saturated rings. The summed E-state index contributed by atoms with van der Waals surface area (Å²) >= 11 is 24.2. The Morgan fingerprint density at radius 1 is 1.24 bits per heavy atom. The highest BCUT2D eigenvalue weighted by Gasteiger charge is 2.27. The number of carbonyl (C=O) groups is 2. The third-order valence-corrected chi connectivity index (χ3v) is 5.28. The molecule has 11 heteroatoms. The van der Waals surface area contributed by atoms with Crippen LogP contribution in [0.4, 0.5) is 0 Å². The number of rotatable bonds is 3. The molecule has 0 spiro atoms. The van der Waals surface area contributed by atoms with E-state index in [2.05, 4.69) is 15.5 Å². The summed E-state index contributed by atoms with van der Waals surface area (Å²) in [7, 11) is 1.55. The maximum absolute atomic E-state index is 12.8. The zero-order chi connectivity index (χ0) is 18.3. The van der Waals surface area contributed by atoms with Gasteiger partial charge in [0, 0.05) is 20.1 Å². The molecule has 1 aromatic heterocycles. The summed E-state index contributed by atoms with van der Waals surface area (Å²) in [5.74, 6) is -0.0891. The van der Waals surface area contributed by atoms with Crippen LogP contribution in [0.25, 0.3) is 0 Å². The summed E-state index contributed by atoms with van der Waals surface area (Å²) in [4.78, 5) is 25.8. The average molecular weight is 423 g/mol. The number of benzene rings is 1. The molecule has 132 valence electrons. The number of halogens is 4. The van der Waals surface area contributed by atoms with Crippen LogP contribution in [0.3, 0.4) is 0 Å². The third kappa shape index (κ3) is 3.29. The Morgan fingerprint density at radius 2 is 1.88 bits per heavy atom. The molecule has 1 aromatic carbocycles. The van der Waals surface area contributed by atoms with Gasteiger partial charge in [0.2, 0.25) is 5.82 Å². The molecule has 0 radical (unpaired) electrons. The molecule has 0 unspecified atom stereocenters. The molecule has 0 bridgehead atoms. The molecule has 3 rings (SSSR count). The van der Waals surface area contributed by atoms with Crippen LogP contribution in [-0.2, 0) is 13.1 Å². The maximum atomic E-state index is 12.8. The van der Waals surface area contributed by atoms with Gasteiger partial charge in [-0.3, -0.25) is 9.59 Å². The van der Waals surface area contributed by atoms with Crippen molar-refractivity contribution in [1.82, 2.24) is 25.0 Å². The minimum absolute atomic E-state index is 0.0134. The van der Waals surface area contributed by atoms with Crippen molar-refractivity contribution in [2.75, 3.05) is 13.6 Å². The second kappa shape index (κ2) is 6.99. The van der Waals surface area contributed by atoms with Gasteiger partial charge in [-0.2, -0.15) is 0 Å². The molecule has 1 aliphatic rings. The summed E-state index contributed by atoms with van der Waals surface area (Å²) in [5.41, 5.74) is 0.0134. The summed E-state index contributed by atoms with van der Waals surface area (Å²) in [5, 5.41) is 10.8. The number of hydrogen-bond donors (Lipinski definition) is 1. The highest BCUT2D eigenvalue weighted by Crippen LogP contribution is 2.37. The maximum Gasteiger partial charge on any atom is 0.289 e. The molecule has 25 heavy (non-hydrogen) atoms. The molecule has 0 aliphatic carbocycles. The smallest absolute Gasteiger partial charge is 0.289 e. The van der Waals surface area contributed by atoms with Crippen molar-refractivity contribution < 1.29 is 9.59 Å². The number of carbonyl (C=O) groups excluding carboxylic acids is 2. The number of fused-ring (bicyclic) bond motifs is 1. The molecule has 0 saturated carbocycles. The molecular formula is C14H11Cl4N5O2. The Kier molecular flexibility index (Phi) is 5.11. The van der Waals surface area contributed by atoms with Gasteiger partial charge in [-0.1, -0.05) is 46.4 Å². The number of amides is 2. The van der Waals surface area contributed by atoms with Gasteiger partial charge in [-0.05, 0) is 6.07 Å². The fourth-order valence-corrected chi connectivity index (χ4v) is 3.42. The minimum Gasteiger partial charge on any atom is -0.348 e. The van der Waals surface area contributed by atoms with Gasteiger partial charge >= 0.3 is 0 Å². The molecule has 0 atom stereocenters. The molecule has 1 aliphatic heterocycles. The first-order chi connectivity index (χ1) is 11.8. The van der Waals surface area contributed by atoms with Crippen LogP contribution in [0.15, 0.2) is 6.07 Å². The van der Waals surface area contributed by atoms with Gasteiger partial charge in [0.25, 0.3) is 11.8 Å². The van der Waals surface area contributed by atoms with Gasteiger partial charge in [-0.15, -0.1) is 10.2 Å². The standard InChI is InChI=1S/C14H11Cl4N5O2/c1-22(5-8-20-21-12-13(24)19-2-3-23(8)12)14(25)9-10(17)6(15)4-7(16)11(9)18/h4H,2-3,5H2,1H3,(H,19,24). The van der Waals surface area contributed by atoms with Gasteiger partial charge in [0.15, 0.2) is 5.82 Å². The SMILES string of the molecule is CN(Cc1nnc2n1CCNC2=O)C(=O)c1c(Cl)c(Cl)cc(Cl)c1Cl. The van der Waals surface area contributed by atoms with Crippen molar-refractivity contribution in [3.05, 3.63) is 43.4 Å². The van der Waals surface area contributed by atoms with E-state index in [9.17, 15) is 9.59 Å². The number of hydrogen-bond acceptors (Lipinski definition) is 4. The first kappa shape index (κ1) is 18.3. The number of nitrogens with zero attached hydrogens (tertiary/aromatic N) is 4. The van der Waals surface area contributed by atoms with Gasteiger partial charge in [-0.25, -0.2) is 0 Å². The lowest BCUT2D eigenvalue weighted by molar-refractivity contribution is 0.0780. The van der Waals surface area contributed by atoms with Gasteiger partial charge < -0.3 is 14.8 Å². The predicted octanol–water partition coefficient (Wildman–Crippen LogP) is 2.91. The normalized spacial score (nSPS) is 13.4. The van der Waals surface area contributed by atoms with E-state index in [0.29, 0.717) is 18.9 Å². The molecule has 2 heterocycles. The van der Waals surface area contributed by atoms with Crippen LogP contribution in [0, 0.1) is 0 Å². The van der Waals surface area contributed by atoms with Crippen LogP contribution < -0.4 is 5.32 Å². The van der Waals surface area contributed by atoms with Crippen LogP contribution in [0.5, 0.6) is 0 Å². The zero-order valence-electron chi connectivity index (χ0n) is 12.8. The molecule has 2 amide bonds. The summed E-state index contributed by atoms with van der Waals surface area (Å²) in [6, 6.07) is 1.37. The Hall–Kier alpha value is -1.54. The Labute approximate surface area is 162 Å². The number of aromatic nitrogens is 3. The summed E-state index contributed by atoms with van der Waals surface area (Å²) in [6.07, 6.45) is 0. The van der Waals surface area contributed by atoms with E-state index in [1.54, 1.807) is 11.6 Å². The molecular weight excluding hydrogens is 412 g/mol. The highest BCUT2D eigenvalue weighted by atomic mass is 35.5. The third-order valence-electron chi connectivity index (χ3n) is 3.70. The Morgan fingerprint density at radius 3 is 2.52 bits per heavy atom. The fourth-order valence-electron chi connectivity index (χ4n) is 2.45. The van der Waals surface area contributed by atoms with Crippen molar-refractivity contribution in [3.63, 3.8) is 0 Å². The lowest BCUT2D eigenvalue weighted by Gasteiger charge is -2.21. The first-order valence-electron chi connectivity index (χ1n) is 7.10. The molecule has 0 saturated heterocycles. The zero-order valence-corrected chi connectivity index (χ0v) is 15.8. The monoisotopic (exact) mass is 421 g/mol. The van der Waals surface area contributed by atoms with Gasteiger partial charge in [0.1, 0.15) is 0 Å². The van der Waals surface area contributed by atoms with Crippen molar-refractivity contribution >= 4 is 58.2 Å². The van der Waals surface area contributed by atoms with Gasteiger partial charge in [0.05, 0.1) is 32.2 Å². The average Bonchev–Trinajstić information content (AvgIpc) is 2.97. The minimum atomic E-state index is -0.475. The lowest BCUT2D eigenvalue weighted by Crippen LogP contribution is -2.37. The largest absolute Gasteiger partial charge is 0.348 e. The van der Waals surface area contributed by atoms with E-state index in [4.69, 9.17) is 46.4 Å². The second-order valence-electron chi connectivity index (χ2n) is 5.35. The molecule has 1 N–H and O–H groups in total. The lowest BCUT2D eigenvalue weighted by atomic mass is 10.2. The van der Waals surface area contributed by atoms with E-state index in [1.807, 2.05) is 0 Å². The van der Waals surface area contributed by atoms with Crippen LogP contribution in [-0.4, -0.2) is 45.1 Å². The van der Waals surface area contributed by atoms with Crippen molar-refractivity contribution in [2.45, 2.75) is 13.1 Å². The molecule has 2 aromatic rings. The summed E-state index contributed by atoms with van der Waals surface area (Å²) in [6.45, 7) is 1.10. The fraction of sp³-hybridized carbons (Fsp3) is 0.286. The Bertz CT molecular complexity index is 856.